The summed E-state index contributed by atoms with van der Waals surface area (Å²) in [5, 5.41) is 3.31. The van der Waals surface area contributed by atoms with Gasteiger partial charge in [0.05, 0.1) is 12.1 Å². The monoisotopic (exact) mass is 355 g/mol. The van der Waals surface area contributed by atoms with E-state index in [2.05, 4.69) is 5.32 Å². The number of amides is 2. The summed E-state index contributed by atoms with van der Waals surface area (Å²) in [6, 6.07) is 3.26. The lowest BCUT2D eigenvalue weighted by molar-refractivity contribution is -0.119. The number of primary amides is 1. The number of likely N-dealkylation sites (tertiary alicyclic amines) is 1. The second-order valence-corrected chi connectivity index (χ2v) is 6.00. The molecule has 1 heterocycles. The van der Waals surface area contributed by atoms with Gasteiger partial charge in [-0.25, -0.2) is 0 Å². The summed E-state index contributed by atoms with van der Waals surface area (Å²) in [5.74, 6) is -0.242. The Morgan fingerprint density at radius 3 is 2.83 bits per heavy atom. The predicted octanol–water partition coefficient (Wildman–Crippen LogP) is 1.04. The van der Waals surface area contributed by atoms with Crippen LogP contribution in [-0.2, 0) is 4.79 Å². The van der Waals surface area contributed by atoms with Crippen LogP contribution in [0.25, 0.3) is 0 Å². The van der Waals surface area contributed by atoms with Gasteiger partial charge < -0.3 is 25.4 Å². The molecule has 1 atom stereocenters. The van der Waals surface area contributed by atoms with Gasteiger partial charge in [-0.2, -0.15) is 0 Å². The lowest BCUT2D eigenvalue weighted by atomic mass is 10.1. The summed E-state index contributed by atoms with van der Waals surface area (Å²) < 4.78 is 10.5. The molecule has 3 N–H and O–H groups in total. The number of nitrogens with two attached hydrogens (primary N) is 1. The van der Waals surface area contributed by atoms with Gasteiger partial charge in [0.25, 0.3) is 11.8 Å². The molecular weight excluding hydrogens is 334 g/mol. The molecule has 0 bridgehead atoms. The second kappa shape index (κ2) is 8.21. The van der Waals surface area contributed by atoms with Gasteiger partial charge in [-0.05, 0) is 32.0 Å². The lowest BCUT2D eigenvalue weighted by Gasteiger charge is -2.25. The van der Waals surface area contributed by atoms with E-state index in [-0.39, 0.29) is 35.1 Å². The van der Waals surface area contributed by atoms with Crippen molar-refractivity contribution in [3.8, 4) is 11.5 Å². The highest BCUT2D eigenvalue weighted by molar-refractivity contribution is 6.32. The molecule has 1 fully saturated rings. The van der Waals surface area contributed by atoms with Gasteiger partial charge in [0, 0.05) is 24.7 Å². The van der Waals surface area contributed by atoms with E-state index in [0.29, 0.717) is 12.1 Å². The van der Waals surface area contributed by atoms with Crippen molar-refractivity contribution < 1.29 is 19.1 Å². The van der Waals surface area contributed by atoms with Crippen LogP contribution >= 0.6 is 11.6 Å². The molecule has 1 aromatic rings. The quantitative estimate of drug-likeness (QED) is 0.762. The Bertz CT molecular complexity index is 624. The summed E-state index contributed by atoms with van der Waals surface area (Å²) in [6.45, 7) is 1.14. The van der Waals surface area contributed by atoms with E-state index in [1.54, 1.807) is 6.07 Å². The Morgan fingerprint density at radius 2 is 2.21 bits per heavy atom. The fraction of sp³-hybridized carbons (Fsp3) is 0.500. The summed E-state index contributed by atoms with van der Waals surface area (Å²) >= 11 is 6.20. The van der Waals surface area contributed by atoms with Crippen molar-refractivity contribution in [2.75, 3.05) is 33.9 Å². The summed E-state index contributed by atoms with van der Waals surface area (Å²) in [6.07, 6.45) is 1.94. The molecule has 8 heteroatoms. The van der Waals surface area contributed by atoms with Gasteiger partial charge >= 0.3 is 0 Å². The molecule has 0 unspecified atom stereocenters. The third-order valence-electron chi connectivity index (χ3n) is 3.91. The van der Waals surface area contributed by atoms with Crippen LogP contribution in [0, 0.1) is 0 Å². The normalized spacial score (nSPS) is 17.0. The highest BCUT2D eigenvalue weighted by atomic mass is 35.5. The maximum Gasteiger partial charge on any atom is 0.255 e. The van der Waals surface area contributed by atoms with Crippen LogP contribution in [0.3, 0.4) is 0 Å². The molecule has 132 valence electrons. The van der Waals surface area contributed by atoms with E-state index >= 15 is 0 Å². The molecule has 0 saturated carbocycles. The maximum absolute atomic E-state index is 12.8. The number of hydrogen-bond acceptors (Lipinski definition) is 5. The minimum Gasteiger partial charge on any atom is -0.493 e. The number of nitrogens with zero attached hydrogens (tertiary/aromatic N) is 1. The zero-order chi connectivity index (χ0) is 17.7. The fourth-order valence-corrected chi connectivity index (χ4v) is 3.11. The minimum absolute atomic E-state index is 0.102. The van der Waals surface area contributed by atoms with Crippen molar-refractivity contribution >= 4 is 23.4 Å². The molecule has 2 amide bonds. The van der Waals surface area contributed by atoms with Crippen molar-refractivity contribution in [3.05, 3.63) is 22.7 Å². The van der Waals surface area contributed by atoms with Crippen molar-refractivity contribution in [1.82, 2.24) is 10.2 Å². The first-order valence-corrected chi connectivity index (χ1v) is 8.10. The number of hydrogen-bond donors (Lipinski definition) is 2. The SMILES string of the molecule is CNC[C@H]1CCCN1C(=O)c1cc(Cl)c(OCC(N)=O)c(OC)c1. The number of benzene rings is 1. The largest absolute Gasteiger partial charge is 0.493 e. The molecule has 2 rings (SSSR count). The number of rotatable bonds is 7. The zero-order valence-electron chi connectivity index (χ0n) is 13.8. The Labute approximate surface area is 146 Å². The number of likely N-dealkylation sites (N-methyl/N-ethyl adjacent to an activating group) is 1. The lowest BCUT2D eigenvalue weighted by Crippen LogP contribution is -2.40. The molecule has 0 spiro atoms. The highest BCUT2D eigenvalue weighted by Gasteiger charge is 2.30. The van der Waals surface area contributed by atoms with Crippen LogP contribution in [0.2, 0.25) is 5.02 Å². The number of carbonyl (C=O) groups is 2. The molecule has 1 saturated heterocycles. The van der Waals surface area contributed by atoms with Crippen molar-refractivity contribution in [1.29, 1.82) is 0 Å². The molecule has 24 heavy (non-hydrogen) atoms. The van der Waals surface area contributed by atoms with Gasteiger partial charge in [0.1, 0.15) is 0 Å². The Hall–Kier alpha value is -1.99. The summed E-state index contributed by atoms with van der Waals surface area (Å²) in [7, 11) is 3.31. The van der Waals surface area contributed by atoms with E-state index < -0.39 is 5.91 Å². The molecule has 7 nitrogen and oxygen atoms in total. The number of ether oxygens (including phenoxy) is 2. The second-order valence-electron chi connectivity index (χ2n) is 5.60. The van der Waals surface area contributed by atoms with E-state index in [9.17, 15) is 9.59 Å². The van der Waals surface area contributed by atoms with Crippen LogP contribution < -0.4 is 20.5 Å². The molecule has 0 radical (unpaired) electrons. The molecule has 1 aliphatic rings. The first kappa shape index (κ1) is 18.4. The predicted molar refractivity (Wildman–Crippen MR) is 90.7 cm³/mol. The first-order chi connectivity index (χ1) is 11.5. The standard InChI is InChI=1S/C16H22ClN3O4/c1-19-8-11-4-3-5-20(11)16(22)10-6-12(17)15(13(7-10)23-2)24-9-14(18)21/h6-7,11,19H,3-5,8-9H2,1-2H3,(H2,18,21)/t11-/m1/s1. The van der Waals surface area contributed by atoms with Gasteiger partial charge in [-0.15, -0.1) is 0 Å². The third-order valence-corrected chi connectivity index (χ3v) is 4.19. The van der Waals surface area contributed by atoms with Crippen molar-refractivity contribution in [3.63, 3.8) is 0 Å². The van der Waals surface area contributed by atoms with E-state index in [4.69, 9.17) is 26.8 Å². The van der Waals surface area contributed by atoms with E-state index in [0.717, 1.165) is 19.4 Å². The average molecular weight is 356 g/mol. The van der Waals surface area contributed by atoms with Crippen LogP contribution in [0.15, 0.2) is 12.1 Å². The maximum atomic E-state index is 12.8. The van der Waals surface area contributed by atoms with Crippen molar-refractivity contribution in [2.45, 2.75) is 18.9 Å². The topological polar surface area (TPSA) is 93.9 Å². The Morgan fingerprint density at radius 1 is 1.46 bits per heavy atom. The molecule has 0 aromatic heterocycles. The smallest absolute Gasteiger partial charge is 0.255 e. The first-order valence-electron chi connectivity index (χ1n) is 7.72. The third kappa shape index (κ3) is 4.10. The molecule has 1 aliphatic heterocycles. The van der Waals surface area contributed by atoms with Crippen LogP contribution in [-0.4, -0.2) is 56.6 Å². The summed E-state index contributed by atoms with van der Waals surface area (Å²) in [5.41, 5.74) is 5.49. The number of nitrogens with one attached hydrogen (secondary N) is 1. The molecular formula is C16H22ClN3O4. The number of halogens is 1. The highest BCUT2D eigenvalue weighted by Crippen LogP contribution is 2.37. The van der Waals surface area contributed by atoms with Gasteiger partial charge in [0.2, 0.25) is 0 Å². The Kier molecular flexibility index (Phi) is 6.28. The van der Waals surface area contributed by atoms with Crippen LogP contribution in [0.4, 0.5) is 0 Å². The zero-order valence-corrected chi connectivity index (χ0v) is 14.6. The van der Waals surface area contributed by atoms with E-state index in [1.165, 1.54) is 13.2 Å². The van der Waals surface area contributed by atoms with Gasteiger partial charge in [-0.3, -0.25) is 9.59 Å². The number of carbonyl (C=O) groups excluding carboxylic acids is 2. The molecule has 1 aromatic carbocycles. The molecule has 0 aliphatic carbocycles. The minimum atomic E-state index is -0.625. The van der Waals surface area contributed by atoms with Crippen LogP contribution in [0.5, 0.6) is 11.5 Å². The van der Waals surface area contributed by atoms with Gasteiger partial charge in [-0.1, -0.05) is 11.6 Å². The van der Waals surface area contributed by atoms with Crippen molar-refractivity contribution in [2.24, 2.45) is 5.73 Å². The van der Waals surface area contributed by atoms with Gasteiger partial charge in [0.15, 0.2) is 18.1 Å². The Balaban J connectivity index is 2.25. The van der Waals surface area contributed by atoms with E-state index in [1.807, 2.05) is 11.9 Å². The number of methoxy groups -OCH3 is 1. The fourth-order valence-electron chi connectivity index (χ4n) is 2.84. The van der Waals surface area contributed by atoms with Crippen LogP contribution in [0.1, 0.15) is 23.2 Å². The summed E-state index contributed by atoms with van der Waals surface area (Å²) in [4.78, 5) is 25.5. The average Bonchev–Trinajstić information content (AvgIpc) is 3.00.